The Balaban J connectivity index is 2.36. The number of carbonyl (C=O) groups excluding carboxylic acids is 1. The molecule has 0 aromatic heterocycles. The standard InChI is InChI=1S/C23H30O3S/c1-5-12-19(27-18-15-10-7-11-16-18)20(22(25)26-23(2,3)4)21(24)17-13-8-6-9-14-17/h6-11,13-16,19-21,24H,5,12H2,1-4H3/t19-,20+,21-/m1/s1. The summed E-state index contributed by atoms with van der Waals surface area (Å²) < 4.78 is 5.70. The van der Waals surface area contributed by atoms with Crippen molar-refractivity contribution >= 4 is 17.7 Å². The Labute approximate surface area is 167 Å². The number of hydrogen-bond donors (Lipinski definition) is 1. The summed E-state index contributed by atoms with van der Waals surface area (Å²) in [5.74, 6) is -0.988. The van der Waals surface area contributed by atoms with Crippen molar-refractivity contribution < 1.29 is 14.6 Å². The molecule has 2 aromatic carbocycles. The number of esters is 1. The second-order valence-electron chi connectivity index (χ2n) is 7.67. The highest BCUT2D eigenvalue weighted by Crippen LogP contribution is 2.38. The SMILES string of the molecule is CCC[C@@H](Sc1ccccc1)[C@H](C(=O)OC(C)(C)C)[C@H](O)c1ccccc1. The van der Waals surface area contributed by atoms with Gasteiger partial charge in [0.1, 0.15) is 5.60 Å². The maximum atomic E-state index is 13.1. The summed E-state index contributed by atoms with van der Waals surface area (Å²) in [6.45, 7) is 7.67. The van der Waals surface area contributed by atoms with Crippen molar-refractivity contribution in [1.82, 2.24) is 0 Å². The van der Waals surface area contributed by atoms with E-state index < -0.39 is 17.6 Å². The van der Waals surface area contributed by atoms with Crippen molar-refractivity contribution in [1.29, 1.82) is 0 Å². The minimum Gasteiger partial charge on any atom is -0.460 e. The number of aliphatic hydroxyl groups is 1. The largest absolute Gasteiger partial charge is 0.460 e. The summed E-state index contributed by atoms with van der Waals surface area (Å²) in [6, 6.07) is 19.4. The van der Waals surface area contributed by atoms with E-state index in [1.165, 1.54) is 0 Å². The highest BCUT2D eigenvalue weighted by Gasteiger charge is 2.38. The first-order valence-corrected chi connectivity index (χ1v) is 10.4. The lowest BCUT2D eigenvalue weighted by Crippen LogP contribution is -2.37. The second kappa shape index (κ2) is 9.95. The molecule has 0 unspecified atom stereocenters. The molecule has 1 N–H and O–H groups in total. The van der Waals surface area contributed by atoms with Crippen molar-refractivity contribution in [2.24, 2.45) is 5.92 Å². The quantitative estimate of drug-likeness (QED) is 0.471. The van der Waals surface area contributed by atoms with Crippen molar-refractivity contribution in [3.8, 4) is 0 Å². The first-order valence-electron chi connectivity index (χ1n) is 9.49. The Bertz CT molecular complexity index is 695. The monoisotopic (exact) mass is 386 g/mol. The molecule has 0 spiro atoms. The van der Waals surface area contributed by atoms with Crippen LogP contribution >= 0.6 is 11.8 Å². The van der Waals surface area contributed by atoms with Crippen LogP contribution in [0.5, 0.6) is 0 Å². The Morgan fingerprint density at radius 3 is 2.11 bits per heavy atom. The fourth-order valence-electron chi connectivity index (χ4n) is 2.98. The molecule has 0 aliphatic carbocycles. The summed E-state index contributed by atoms with van der Waals surface area (Å²) >= 11 is 1.64. The predicted octanol–water partition coefficient (Wildman–Crippen LogP) is 5.64. The molecule has 3 nitrogen and oxygen atoms in total. The van der Waals surface area contributed by atoms with E-state index in [-0.39, 0.29) is 11.2 Å². The Morgan fingerprint density at radius 2 is 1.59 bits per heavy atom. The van der Waals surface area contributed by atoms with Gasteiger partial charge in [-0.3, -0.25) is 4.79 Å². The molecule has 0 saturated carbocycles. The molecule has 0 bridgehead atoms. The van der Waals surface area contributed by atoms with Crippen LogP contribution in [0.25, 0.3) is 0 Å². The summed E-state index contributed by atoms with van der Waals surface area (Å²) in [6.07, 6.45) is 0.826. The van der Waals surface area contributed by atoms with Crippen LogP contribution < -0.4 is 0 Å². The van der Waals surface area contributed by atoms with Crippen molar-refractivity contribution in [2.45, 2.75) is 62.4 Å². The highest BCUT2D eigenvalue weighted by atomic mass is 32.2. The zero-order valence-electron chi connectivity index (χ0n) is 16.6. The first-order chi connectivity index (χ1) is 12.8. The Kier molecular flexibility index (Phi) is 7.93. The fourth-order valence-corrected chi connectivity index (χ4v) is 4.41. The molecule has 0 aliphatic heterocycles. The van der Waals surface area contributed by atoms with Gasteiger partial charge in [0.05, 0.1) is 12.0 Å². The average molecular weight is 387 g/mol. The van der Waals surface area contributed by atoms with Crippen LogP contribution in [-0.4, -0.2) is 21.9 Å². The van der Waals surface area contributed by atoms with E-state index in [9.17, 15) is 9.90 Å². The lowest BCUT2D eigenvalue weighted by molar-refractivity contribution is -0.164. The van der Waals surface area contributed by atoms with Gasteiger partial charge in [-0.1, -0.05) is 61.9 Å². The van der Waals surface area contributed by atoms with E-state index in [0.717, 1.165) is 23.3 Å². The summed E-state index contributed by atoms with van der Waals surface area (Å²) in [5, 5.41) is 11.0. The van der Waals surface area contributed by atoms with Gasteiger partial charge in [-0.25, -0.2) is 0 Å². The lowest BCUT2D eigenvalue weighted by Gasteiger charge is -2.32. The highest BCUT2D eigenvalue weighted by molar-refractivity contribution is 8.00. The van der Waals surface area contributed by atoms with Crippen LogP contribution in [0.1, 0.15) is 52.2 Å². The van der Waals surface area contributed by atoms with Crippen molar-refractivity contribution in [3.63, 3.8) is 0 Å². The number of aliphatic hydroxyl groups excluding tert-OH is 1. The van der Waals surface area contributed by atoms with Gasteiger partial charge in [0.15, 0.2) is 0 Å². The Hall–Kier alpha value is -1.78. The molecule has 146 valence electrons. The van der Waals surface area contributed by atoms with Crippen molar-refractivity contribution in [2.75, 3.05) is 0 Å². The van der Waals surface area contributed by atoms with E-state index in [1.807, 2.05) is 81.4 Å². The maximum absolute atomic E-state index is 13.1. The third kappa shape index (κ3) is 6.71. The molecule has 4 heteroatoms. The minimum absolute atomic E-state index is 0.0811. The van der Waals surface area contributed by atoms with Crippen LogP contribution in [0.4, 0.5) is 0 Å². The van der Waals surface area contributed by atoms with Crippen LogP contribution in [-0.2, 0) is 9.53 Å². The Morgan fingerprint density at radius 1 is 1.04 bits per heavy atom. The first kappa shape index (κ1) is 21.5. The molecule has 0 aliphatic rings. The van der Waals surface area contributed by atoms with Crippen molar-refractivity contribution in [3.05, 3.63) is 66.2 Å². The van der Waals surface area contributed by atoms with E-state index >= 15 is 0 Å². The van der Waals surface area contributed by atoms with Gasteiger partial charge in [-0.05, 0) is 44.9 Å². The molecular formula is C23H30O3S. The van der Waals surface area contributed by atoms with Crippen LogP contribution in [0.3, 0.4) is 0 Å². The van der Waals surface area contributed by atoms with Gasteiger partial charge < -0.3 is 9.84 Å². The van der Waals surface area contributed by atoms with E-state index in [0.29, 0.717) is 0 Å². The summed E-state index contributed by atoms with van der Waals surface area (Å²) in [4.78, 5) is 14.2. The number of benzene rings is 2. The zero-order valence-corrected chi connectivity index (χ0v) is 17.4. The summed E-state index contributed by atoms with van der Waals surface area (Å²) in [5.41, 5.74) is 0.142. The predicted molar refractivity (Wildman–Crippen MR) is 112 cm³/mol. The number of carbonyl (C=O) groups is 1. The molecule has 0 heterocycles. The molecule has 0 radical (unpaired) electrons. The molecule has 0 saturated heterocycles. The number of hydrogen-bond acceptors (Lipinski definition) is 4. The third-order valence-corrected chi connectivity index (χ3v) is 5.54. The van der Waals surface area contributed by atoms with E-state index in [1.54, 1.807) is 11.8 Å². The van der Waals surface area contributed by atoms with Crippen LogP contribution in [0, 0.1) is 5.92 Å². The van der Waals surface area contributed by atoms with Gasteiger partial charge in [0.25, 0.3) is 0 Å². The molecule has 27 heavy (non-hydrogen) atoms. The van der Waals surface area contributed by atoms with Crippen LogP contribution in [0.15, 0.2) is 65.6 Å². The average Bonchev–Trinajstić information content (AvgIpc) is 2.62. The number of rotatable bonds is 8. The normalized spacial score (nSPS) is 15.0. The lowest BCUT2D eigenvalue weighted by atomic mass is 9.90. The van der Waals surface area contributed by atoms with Gasteiger partial charge in [0.2, 0.25) is 0 Å². The molecule has 0 fully saturated rings. The maximum Gasteiger partial charge on any atom is 0.313 e. The smallest absolute Gasteiger partial charge is 0.313 e. The zero-order chi connectivity index (χ0) is 19.9. The van der Waals surface area contributed by atoms with Crippen LogP contribution in [0.2, 0.25) is 0 Å². The topological polar surface area (TPSA) is 46.5 Å². The molecule has 3 atom stereocenters. The van der Waals surface area contributed by atoms with Gasteiger partial charge >= 0.3 is 5.97 Å². The third-order valence-electron chi connectivity index (χ3n) is 4.16. The van der Waals surface area contributed by atoms with Gasteiger partial charge in [-0.2, -0.15) is 0 Å². The number of thioether (sulfide) groups is 1. The van der Waals surface area contributed by atoms with Gasteiger partial charge in [-0.15, -0.1) is 11.8 Å². The molecule has 2 rings (SSSR count). The minimum atomic E-state index is -0.909. The number of ether oxygens (including phenoxy) is 1. The van der Waals surface area contributed by atoms with Gasteiger partial charge in [0, 0.05) is 10.1 Å². The van der Waals surface area contributed by atoms with E-state index in [4.69, 9.17) is 4.74 Å². The summed E-state index contributed by atoms with van der Waals surface area (Å²) in [7, 11) is 0. The molecule has 0 amide bonds. The molecule has 2 aromatic rings. The van der Waals surface area contributed by atoms with E-state index in [2.05, 4.69) is 6.92 Å². The second-order valence-corrected chi connectivity index (χ2v) is 8.99. The fraction of sp³-hybridized carbons (Fsp3) is 0.435. The molecular weight excluding hydrogens is 356 g/mol.